The number of nitrogens with one attached hydrogen (secondary N) is 1. The molecule has 1 atom stereocenters. The molecule has 1 aliphatic carbocycles. The van der Waals surface area contributed by atoms with Crippen LogP contribution in [0.2, 0.25) is 0 Å². The van der Waals surface area contributed by atoms with Crippen LogP contribution in [0.3, 0.4) is 0 Å². The normalized spacial score (nSPS) is 14.0. The largest absolute Gasteiger partial charge is 0.478 e. The summed E-state index contributed by atoms with van der Waals surface area (Å²) in [5.74, 6) is -0.606. The number of carboxylic acids is 1. The van der Waals surface area contributed by atoms with Crippen LogP contribution in [-0.2, 0) is 11.2 Å². The van der Waals surface area contributed by atoms with Gasteiger partial charge in [0.2, 0.25) is 5.91 Å². The van der Waals surface area contributed by atoms with Gasteiger partial charge in [0.05, 0.1) is 11.5 Å². The second kappa shape index (κ2) is 9.52. The van der Waals surface area contributed by atoms with E-state index < -0.39 is 5.97 Å². The standard InChI is InChI=1S/C30H27NO3/c32-29(27(18-20-16-17-20)26-14-7-11-21-8-1-4-12-24(21)26)31-28-15-6-3-10-23(28)19-22-9-2-5-13-25(22)30(33)34/h1-15,20,27H,16-19H2,(H,31,32)(H,33,34). The lowest BCUT2D eigenvalue weighted by Gasteiger charge is -2.20. The van der Waals surface area contributed by atoms with Gasteiger partial charge in [0.1, 0.15) is 0 Å². The smallest absolute Gasteiger partial charge is 0.335 e. The second-order valence-electron chi connectivity index (χ2n) is 9.09. The van der Waals surface area contributed by atoms with E-state index in [1.165, 1.54) is 12.8 Å². The molecule has 4 heteroatoms. The molecule has 0 aromatic heterocycles. The van der Waals surface area contributed by atoms with E-state index in [1.54, 1.807) is 12.1 Å². The average Bonchev–Trinajstić information content (AvgIpc) is 3.68. The summed E-state index contributed by atoms with van der Waals surface area (Å²) in [6.07, 6.45) is 3.62. The quantitative estimate of drug-likeness (QED) is 0.316. The zero-order valence-corrected chi connectivity index (χ0v) is 18.9. The predicted molar refractivity (Wildman–Crippen MR) is 135 cm³/mol. The topological polar surface area (TPSA) is 66.4 Å². The van der Waals surface area contributed by atoms with Crippen molar-refractivity contribution in [1.29, 1.82) is 0 Å². The molecule has 1 aliphatic rings. The summed E-state index contributed by atoms with van der Waals surface area (Å²) in [6.45, 7) is 0. The first kappa shape index (κ1) is 21.9. The Morgan fingerprint density at radius 1 is 0.824 bits per heavy atom. The molecular formula is C30H27NO3. The van der Waals surface area contributed by atoms with Crippen LogP contribution < -0.4 is 5.32 Å². The fourth-order valence-electron chi connectivity index (χ4n) is 4.72. The van der Waals surface area contributed by atoms with Crippen molar-refractivity contribution < 1.29 is 14.7 Å². The van der Waals surface area contributed by atoms with Crippen molar-refractivity contribution >= 4 is 28.3 Å². The summed E-state index contributed by atoms with van der Waals surface area (Å²) in [4.78, 5) is 25.4. The van der Waals surface area contributed by atoms with Crippen LogP contribution in [0.5, 0.6) is 0 Å². The SMILES string of the molecule is O=C(O)c1ccccc1Cc1ccccc1NC(=O)C(CC1CC1)c1cccc2ccccc12. The fourth-order valence-corrected chi connectivity index (χ4v) is 4.72. The summed E-state index contributed by atoms with van der Waals surface area (Å²) in [6, 6.07) is 29.1. The number of carbonyl (C=O) groups is 2. The summed E-state index contributed by atoms with van der Waals surface area (Å²) >= 11 is 0. The third-order valence-electron chi connectivity index (χ3n) is 6.69. The monoisotopic (exact) mass is 449 g/mol. The van der Waals surface area contributed by atoms with Gasteiger partial charge in [-0.2, -0.15) is 0 Å². The van der Waals surface area contributed by atoms with Crippen LogP contribution in [0.15, 0.2) is 91.0 Å². The average molecular weight is 450 g/mol. The molecule has 4 nitrogen and oxygen atoms in total. The molecule has 0 radical (unpaired) electrons. The maximum absolute atomic E-state index is 13.7. The Hall–Kier alpha value is -3.92. The number of aromatic carboxylic acids is 1. The zero-order chi connectivity index (χ0) is 23.5. The molecule has 5 rings (SSSR count). The molecule has 4 aromatic carbocycles. The van der Waals surface area contributed by atoms with E-state index in [-0.39, 0.29) is 17.4 Å². The van der Waals surface area contributed by atoms with Crippen LogP contribution in [-0.4, -0.2) is 17.0 Å². The van der Waals surface area contributed by atoms with Gasteiger partial charge in [-0.1, -0.05) is 91.7 Å². The molecule has 0 saturated heterocycles. The van der Waals surface area contributed by atoms with Crippen molar-refractivity contribution in [3.8, 4) is 0 Å². The Kier molecular flexibility index (Phi) is 6.13. The van der Waals surface area contributed by atoms with Crippen LogP contribution in [0.4, 0.5) is 5.69 Å². The first-order valence-corrected chi connectivity index (χ1v) is 11.8. The molecule has 0 spiro atoms. The van der Waals surface area contributed by atoms with E-state index in [1.807, 2.05) is 54.6 Å². The van der Waals surface area contributed by atoms with Gasteiger partial charge in [0.15, 0.2) is 0 Å². The highest BCUT2D eigenvalue weighted by Crippen LogP contribution is 2.41. The van der Waals surface area contributed by atoms with Crippen LogP contribution >= 0.6 is 0 Å². The number of rotatable bonds is 8. The van der Waals surface area contributed by atoms with Gasteiger partial charge >= 0.3 is 5.97 Å². The zero-order valence-electron chi connectivity index (χ0n) is 18.9. The van der Waals surface area contributed by atoms with E-state index in [0.717, 1.165) is 39.6 Å². The summed E-state index contributed by atoms with van der Waals surface area (Å²) in [5.41, 5.74) is 3.70. The van der Waals surface area contributed by atoms with Crippen molar-refractivity contribution in [2.45, 2.75) is 31.6 Å². The first-order chi connectivity index (χ1) is 16.6. The molecule has 1 saturated carbocycles. The number of carboxylic acid groups (broad SMARTS) is 1. The number of para-hydroxylation sites is 1. The molecule has 1 fully saturated rings. The number of fused-ring (bicyclic) bond motifs is 1. The summed E-state index contributed by atoms with van der Waals surface area (Å²) in [7, 11) is 0. The predicted octanol–water partition coefficient (Wildman–Crippen LogP) is 6.65. The molecule has 0 heterocycles. The van der Waals surface area contributed by atoms with Crippen molar-refractivity contribution in [2.75, 3.05) is 5.32 Å². The molecule has 2 N–H and O–H groups in total. The number of anilines is 1. The van der Waals surface area contributed by atoms with Gasteiger partial charge < -0.3 is 10.4 Å². The van der Waals surface area contributed by atoms with Gasteiger partial charge in [-0.25, -0.2) is 4.79 Å². The summed E-state index contributed by atoms with van der Waals surface area (Å²) in [5, 5.41) is 15.0. The molecule has 1 unspecified atom stereocenters. The minimum Gasteiger partial charge on any atom is -0.478 e. The van der Waals surface area contributed by atoms with Crippen molar-refractivity contribution in [1.82, 2.24) is 0 Å². The molecule has 170 valence electrons. The van der Waals surface area contributed by atoms with Gasteiger partial charge in [0.25, 0.3) is 0 Å². The lowest BCUT2D eigenvalue weighted by molar-refractivity contribution is -0.117. The number of hydrogen-bond donors (Lipinski definition) is 2. The number of amides is 1. The Morgan fingerprint density at radius 3 is 2.29 bits per heavy atom. The molecular weight excluding hydrogens is 422 g/mol. The molecule has 34 heavy (non-hydrogen) atoms. The van der Waals surface area contributed by atoms with Crippen molar-refractivity contribution in [2.24, 2.45) is 5.92 Å². The molecule has 1 amide bonds. The Labute approximate surface area is 199 Å². The van der Waals surface area contributed by atoms with E-state index in [0.29, 0.717) is 12.3 Å². The van der Waals surface area contributed by atoms with Crippen LogP contribution in [0, 0.1) is 5.92 Å². The highest BCUT2D eigenvalue weighted by atomic mass is 16.4. The van der Waals surface area contributed by atoms with Gasteiger partial charge in [-0.05, 0) is 51.9 Å². The van der Waals surface area contributed by atoms with E-state index >= 15 is 0 Å². The Bertz CT molecular complexity index is 1350. The highest BCUT2D eigenvalue weighted by Gasteiger charge is 2.31. The third kappa shape index (κ3) is 4.72. The van der Waals surface area contributed by atoms with Gasteiger partial charge in [0, 0.05) is 12.1 Å². The second-order valence-corrected chi connectivity index (χ2v) is 9.09. The Balaban J connectivity index is 1.46. The molecule has 0 aliphatic heterocycles. The lowest BCUT2D eigenvalue weighted by atomic mass is 9.88. The lowest BCUT2D eigenvalue weighted by Crippen LogP contribution is -2.23. The minimum atomic E-state index is -0.947. The maximum atomic E-state index is 13.7. The number of hydrogen-bond acceptors (Lipinski definition) is 2. The van der Waals surface area contributed by atoms with E-state index in [4.69, 9.17) is 0 Å². The first-order valence-electron chi connectivity index (χ1n) is 11.8. The third-order valence-corrected chi connectivity index (χ3v) is 6.69. The van der Waals surface area contributed by atoms with Gasteiger partial charge in [-0.15, -0.1) is 0 Å². The molecule has 0 bridgehead atoms. The maximum Gasteiger partial charge on any atom is 0.335 e. The molecule has 4 aromatic rings. The van der Waals surface area contributed by atoms with Gasteiger partial charge in [-0.3, -0.25) is 4.79 Å². The van der Waals surface area contributed by atoms with E-state index in [9.17, 15) is 14.7 Å². The number of carbonyl (C=O) groups excluding carboxylic acids is 1. The van der Waals surface area contributed by atoms with E-state index in [2.05, 4.69) is 29.6 Å². The minimum absolute atomic E-state index is 0.0118. The highest BCUT2D eigenvalue weighted by molar-refractivity contribution is 6.00. The Morgan fingerprint density at radius 2 is 1.50 bits per heavy atom. The van der Waals surface area contributed by atoms with Crippen molar-refractivity contribution in [3.05, 3.63) is 113 Å². The van der Waals surface area contributed by atoms with Crippen LogP contribution in [0.25, 0.3) is 10.8 Å². The van der Waals surface area contributed by atoms with Crippen molar-refractivity contribution in [3.63, 3.8) is 0 Å². The fraction of sp³-hybridized carbons (Fsp3) is 0.200. The van der Waals surface area contributed by atoms with Crippen LogP contribution in [0.1, 0.15) is 52.2 Å². The number of benzene rings is 4. The summed E-state index contributed by atoms with van der Waals surface area (Å²) < 4.78 is 0.